The summed E-state index contributed by atoms with van der Waals surface area (Å²) in [5.41, 5.74) is 0.656. The molecule has 27 heavy (non-hydrogen) atoms. The molecule has 0 atom stereocenters. The molecule has 1 aromatic rings. The van der Waals surface area contributed by atoms with Crippen LogP contribution in [0.4, 0.5) is 5.69 Å². The fourth-order valence-electron chi connectivity index (χ4n) is 4.29. The predicted octanol–water partition coefficient (Wildman–Crippen LogP) is 4.76. The third-order valence-electron chi connectivity index (χ3n) is 5.95. The van der Waals surface area contributed by atoms with Crippen molar-refractivity contribution in [2.75, 3.05) is 12.0 Å². The van der Waals surface area contributed by atoms with Crippen molar-refractivity contribution in [2.24, 2.45) is 11.8 Å². The van der Waals surface area contributed by atoms with Crippen molar-refractivity contribution in [3.05, 3.63) is 14.7 Å². The summed E-state index contributed by atoms with van der Waals surface area (Å²) in [6.07, 6.45) is 6.56. The fraction of sp³-hybridized carbons (Fsp3) is 0.700. The molecule has 0 aliphatic heterocycles. The number of esters is 1. The lowest BCUT2D eigenvalue weighted by atomic mass is 9.81. The minimum Gasteiger partial charge on any atom is -0.465 e. The minimum absolute atomic E-state index is 0.0113. The summed E-state index contributed by atoms with van der Waals surface area (Å²) in [5.74, 6) is 0.399. The van der Waals surface area contributed by atoms with Crippen molar-refractivity contribution in [1.29, 1.82) is 0 Å². The van der Waals surface area contributed by atoms with E-state index in [1.165, 1.54) is 18.4 Å². The highest BCUT2D eigenvalue weighted by Crippen LogP contribution is 2.40. The highest BCUT2D eigenvalue weighted by molar-refractivity contribution is 9.11. The minimum atomic E-state index is -0.411. The number of carbonyl (C=O) groups is 2. The van der Waals surface area contributed by atoms with Crippen molar-refractivity contribution >= 4 is 44.8 Å². The van der Waals surface area contributed by atoms with Crippen molar-refractivity contribution in [3.8, 4) is 0 Å². The summed E-state index contributed by atoms with van der Waals surface area (Å²) >= 11 is 4.77. The van der Waals surface area contributed by atoms with Gasteiger partial charge in [-0.2, -0.15) is 0 Å². The van der Waals surface area contributed by atoms with Crippen LogP contribution < -0.4 is 4.90 Å². The highest BCUT2D eigenvalue weighted by Gasteiger charge is 2.37. The summed E-state index contributed by atoms with van der Waals surface area (Å²) in [7, 11) is 1.37. The molecule has 0 bridgehead atoms. The van der Waals surface area contributed by atoms with E-state index in [2.05, 4.69) is 22.9 Å². The molecule has 0 radical (unpaired) electrons. The number of aliphatic hydroxyl groups excluding tert-OH is 1. The Balaban J connectivity index is 1.93. The van der Waals surface area contributed by atoms with Gasteiger partial charge < -0.3 is 14.7 Å². The fourth-order valence-corrected chi connectivity index (χ4v) is 5.78. The van der Waals surface area contributed by atoms with Crippen LogP contribution in [-0.4, -0.2) is 36.2 Å². The van der Waals surface area contributed by atoms with Gasteiger partial charge in [-0.15, -0.1) is 11.3 Å². The van der Waals surface area contributed by atoms with Gasteiger partial charge in [-0.1, -0.05) is 6.92 Å². The Kier molecular flexibility index (Phi) is 6.98. The van der Waals surface area contributed by atoms with Crippen LogP contribution in [-0.2, 0) is 9.53 Å². The van der Waals surface area contributed by atoms with Gasteiger partial charge in [-0.05, 0) is 79.3 Å². The number of anilines is 1. The SMILES string of the molecule is COC(=O)c1sc(Br)cc1N(C(=O)C1CCC(C)CC1)[C@H]1CC[C@H](O)CC1. The third kappa shape index (κ3) is 4.74. The molecule has 3 rings (SSSR count). The molecular weight excluding hydrogens is 430 g/mol. The van der Waals surface area contributed by atoms with Gasteiger partial charge >= 0.3 is 5.97 Å². The van der Waals surface area contributed by atoms with Gasteiger partial charge in [0.2, 0.25) is 5.91 Å². The maximum absolute atomic E-state index is 13.6. The van der Waals surface area contributed by atoms with Crippen LogP contribution in [0.25, 0.3) is 0 Å². The molecule has 0 aromatic carbocycles. The Morgan fingerprint density at radius 1 is 1.15 bits per heavy atom. The zero-order chi connectivity index (χ0) is 19.6. The lowest BCUT2D eigenvalue weighted by Crippen LogP contribution is -2.47. The zero-order valence-corrected chi connectivity index (χ0v) is 18.4. The number of hydrogen-bond acceptors (Lipinski definition) is 5. The van der Waals surface area contributed by atoms with Gasteiger partial charge in [0.25, 0.3) is 0 Å². The van der Waals surface area contributed by atoms with Crippen molar-refractivity contribution in [2.45, 2.75) is 70.4 Å². The molecule has 2 fully saturated rings. The van der Waals surface area contributed by atoms with Gasteiger partial charge in [0.1, 0.15) is 4.88 Å². The number of aliphatic hydroxyl groups is 1. The van der Waals surface area contributed by atoms with E-state index in [-0.39, 0.29) is 24.0 Å². The number of hydrogen-bond donors (Lipinski definition) is 1. The molecule has 7 heteroatoms. The van der Waals surface area contributed by atoms with E-state index in [1.807, 2.05) is 11.0 Å². The normalized spacial score (nSPS) is 28.6. The molecular formula is C20H28BrNO4S. The number of amides is 1. The van der Waals surface area contributed by atoms with Crippen LogP contribution in [0.15, 0.2) is 9.85 Å². The second-order valence-corrected chi connectivity index (χ2v) is 10.3. The molecule has 1 heterocycles. The summed E-state index contributed by atoms with van der Waals surface area (Å²) in [4.78, 5) is 28.2. The van der Waals surface area contributed by atoms with E-state index < -0.39 is 5.97 Å². The first-order valence-corrected chi connectivity index (χ1v) is 11.4. The maximum atomic E-state index is 13.6. The van der Waals surface area contributed by atoms with E-state index in [4.69, 9.17) is 4.74 Å². The van der Waals surface area contributed by atoms with Crippen LogP contribution in [0.1, 0.15) is 68.0 Å². The van der Waals surface area contributed by atoms with Gasteiger partial charge in [-0.25, -0.2) is 4.79 Å². The van der Waals surface area contributed by atoms with E-state index >= 15 is 0 Å². The maximum Gasteiger partial charge on any atom is 0.350 e. The quantitative estimate of drug-likeness (QED) is 0.661. The molecule has 1 aromatic heterocycles. The van der Waals surface area contributed by atoms with Gasteiger partial charge in [-0.3, -0.25) is 4.79 Å². The first-order valence-electron chi connectivity index (χ1n) is 9.79. The number of ether oxygens (including phenoxy) is 1. The summed E-state index contributed by atoms with van der Waals surface area (Å²) in [6.45, 7) is 2.24. The highest BCUT2D eigenvalue weighted by atomic mass is 79.9. The van der Waals surface area contributed by atoms with Gasteiger partial charge in [0.15, 0.2) is 0 Å². The Morgan fingerprint density at radius 3 is 2.37 bits per heavy atom. The van der Waals surface area contributed by atoms with Crippen LogP contribution in [0.3, 0.4) is 0 Å². The molecule has 0 saturated heterocycles. The first-order chi connectivity index (χ1) is 12.9. The van der Waals surface area contributed by atoms with Crippen LogP contribution in [0.5, 0.6) is 0 Å². The molecule has 2 saturated carbocycles. The number of thiophene rings is 1. The molecule has 1 N–H and O–H groups in total. The number of carbonyl (C=O) groups excluding carboxylic acids is 2. The molecule has 0 unspecified atom stereocenters. The number of halogens is 1. The largest absolute Gasteiger partial charge is 0.465 e. The molecule has 150 valence electrons. The van der Waals surface area contributed by atoms with Gasteiger partial charge in [0, 0.05) is 12.0 Å². The molecule has 2 aliphatic carbocycles. The van der Waals surface area contributed by atoms with E-state index in [1.54, 1.807) is 0 Å². The van der Waals surface area contributed by atoms with Crippen molar-refractivity contribution < 1.29 is 19.4 Å². The molecule has 1 amide bonds. The molecule has 2 aliphatic rings. The van der Waals surface area contributed by atoms with Crippen molar-refractivity contribution in [3.63, 3.8) is 0 Å². The predicted molar refractivity (Wildman–Crippen MR) is 110 cm³/mol. The smallest absolute Gasteiger partial charge is 0.350 e. The zero-order valence-electron chi connectivity index (χ0n) is 15.9. The lowest BCUT2D eigenvalue weighted by Gasteiger charge is -2.38. The van der Waals surface area contributed by atoms with Gasteiger partial charge in [0.05, 0.1) is 22.7 Å². The second-order valence-electron chi connectivity index (χ2n) is 7.88. The van der Waals surface area contributed by atoms with E-state index in [0.717, 1.165) is 42.3 Å². The third-order valence-corrected chi connectivity index (χ3v) is 7.55. The summed E-state index contributed by atoms with van der Waals surface area (Å²) < 4.78 is 5.77. The first kappa shape index (κ1) is 20.8. The number of methoxy groups -OCH3 is 1. The average molecular weight is 458 g/mol. The average Bonchev–Trinajstić information content (AvgIpc) is 3.04. The topological polar surface area (TPSA) is 66.8 Å². The standard InChI is InChI=1S/C20H28BrNO4S/c1-12-3-5-13(6-4-12)19(24)22(14-7-9-15(23)10-8-14)16-11-17(21)27-18(16)20(25)26-2/h11-15,23H,3-10H2,1-2H3/t12?,13?,14-,15-. The van der Waals surface area contributed by atoms with Crippen LogP contribution in [0.2, 0.25) is 0 Å². The Labute approximate surface area is 173 Å². The summed E-state index contributed by atoms with van der Waals surface area (Å²) in [5, 5.41) is 9.90. The van der Waals surface area contributed by atoms with E-state index in [0.29, 0.717) is 29.3 Å². The van der Waals surface area contributed by atoms with Crippen LogP contribution >= 0.6 is 27.3 Å². The van der Waals surface area contributed by atoms with Crippen LogP contribution in [0, 0.1) is 11.8 Å². The molecule has 0 spiro atoms. The second kappa shape index (κ2) is 9.05. The van der Waals surface area contributed by atoms with Crippen molar-refractivity contribution in [1.82, 2.24) is 0 Å². The Hall–Kier alpha value is -0.920. The molecule has 5 nitrogen and oxygen atoms in total. The van der Waals surface area contributed by atoms with E-state index in [9.17, 15) is 14.7 Å². The number of nitrogens with zero attached hydrogens (tertiary/aromatic N) is 1. The lowest BCUT2D eigenvalue weighted by molar-refractivity contribution is -0.124. The Morgan fingerprint density at radius 2 is 1.78 bits per heavy atom. The summed E-state index contributed by atoms with van der Waals surface area (Å²) in [6, 6.07) is 1.89. The Bertz CT molecular complexity index is 676. The monoisotopic (exact) mass is 457 g/mol. The number of rotatable bonds is 4.